The van der Waals surface area contributed by atoms with Crippen LogP contribution in [-0.4, -0.2) is 11.1 Å². The van der Waals surface area contributed by atoms with Crippen molar-refractivity contribution in [3.05, 3.63) is 0 Å². The zero-order chi connectivity index (χ0) is 12.0. The van der Waals surface area contributed by atoms with Crippen LogP contribution in [0.3, 0.4) is 0 Å². The van der Waals surface area contributed by atoms with E-state index < -0.39 is 5.97 Å². The molecule has 2 nitrogen and oxygen atoms in total. The summed E-state index contributed by atoms with van der Waals surface area (Å²) in [5.74, 6) is 0.551. The van der Waals surface area contributed by atoms with E-state index in [0.29, 0.717) is 5.92 Å². The first-order chi connectivity index (χ1) is 7.65. The van der Waals surface area contributed by atoms with E-state index in [-0.39, 0.29) is 5.92 Å². The van der Waals surface area contributed by atoms with Gasteiger partial charge in [-0.15, -0.1) is 0 Å². The lowest BCUT2D eigenvalue weighted by Gasteiger charge is -2.30. The molecule has 1 saturated carbocycles. The minimum atomic E-state index is -0.616. The Morgan fingerprint density at radius 1 is 1.25 bits per heavy atom. The van der Waals surface area contributed by atoms with Crippen LogP contribution in [0.5, 0.6) is 0 Å². The van der Waals surface area contributed by atoms with Crippen molar-refractivity contribution in [2.45, 2.75) is 65.2 Å². The summed E-state index contributed by atoms with van der Waals surface area (Å²) in [6, 6.07) is 0. The molecular formula is C14H26O2. The van der Waals surface area contributed by atoms with Crippen molar-refractivity contribution in [3.63, 3.8) is 0 Å². The van der Waals surface area contributed by atoms with E-state index in [0.717, 1.165) is 18.8 Å². The standard InChI is InChI=1S/C14H26O2/c1-3-4-5-6-12-7-9-13(10-8-12)11(2)14(15)16/h11-13H,3-10H2,1-2H3,(H,15,16)/t11?,12-,13-. The monoisotopic (exact) mass is 226 g/mol. The summed E-state index contributed by atoms with van der Waals surface area (Å²) in [5, 5.41) is 8.97. The molecule has 1 fully saturated rings. The number of unbranched alkanes of at least 4 members (excludes halogenated alkanes) is 2. The molecule has 1 rings (SSSR count). The van der Waals surface area contributed by atoms with Gasteiger partial charge in [0.25, 0.3) is 0 Å². The Balaban J connectivity index is 2.20. The van der Waals surface area contributed by atoms with E-state index in [1.54, 1.807) is 0 Å². The topological polar surface area (TPSA) is 37.3 Å². The van der Waals surface area contributed by atoms with Crippen LogP contribution in [0.2, 0.25) is 0 Å². The third-order valence-electron chi connectivity index (χ3n) is 4.20. The predicted octanol–water partition coefficient (Wildman–Crippen LogP) is 4.09. The fourth-order valence-corrected chi connectivity index (χ4v) is 2.86. The maximum atomic E-state index is 10.9. The first-order valence-electron chi connectivity index (χ1n) is 6.88. The number of carboxylic acids is 1. The van der Waals surface area contributed by atoms with Gasteiger partial charge in [0.2, 0.25) is 0 Å². The largest absolute Gasteiger partial charge is 0.481 e. The number of rotatable bonds is 6. The van der Waals surface area contributed by atoms with E-state index in [9.17, 15) is 4.79 Å². The van der Waals surface area contributed by atoms with Gasteiger partial charge >= 0.3 is 5.97 Å². The second-order valence-electron chi connectivity index (χ2n) is 5.40. The zero-order valence-corrected chi connectivity index (χ0v) is 10.7. The molecule has 1 N–H and O–H groups in total. The van der Waals surface area contributed by atoms with Crippen molar-refractivity contribution in [1.82, 2.24) is 0 Å². The van der Waals surface area contributed by atoms with Gasteiger partial charge in [-0.1, -0.05) is 52.4 Å². The Hall–Kier alpha value is -0.530. The highest BCUT2D eigenvalue weighted by Gasteiger charge is 2.28. The van der Waals surface area contributed by atoms with E-state index in [1.807, 2.05) is 6.92 Å². The van der Waals surface area contributed by atoms with E-state index in [1.165, 1.54) is 38.5 Å². The predicted molar refractivity (Wildman–Crippen MR) is 66.4 cm³/mol. The van der Waals surface area contributed by atoms with Gasteiger partial charge in [-0.2, -0.15) is 0 Å². The normalized spacial score (nSPS) is 27.6. The van der Waals surface area contributed by atoms with Crippen LogP contribution in [0.1, 0.15) is 65.2 Å². The number of carboxylic acid groups (broad SMARTS) is 1. The summed E-state index contributed by atoms with van der Waals surface area (Å²) in [7, 11) is 0. The number of carbonyl (C=O) groups is 1. The molecule has 0 aromatic heterocycles. The number of hydrogen-bond donors (Lipinski definition) is 1. The molecule has 0 aromatic rings. The average Bonchev–Trinajstić information content (AvgIpc) is 2.29. The van der Waals surface area contributed by atoms with Crippen molar-refractivity contribution in [2.24, 2.45) is 17.8 Å². The molecule has 1 aliphatic carbocycles. The minimum Gasteiger partial charge on any atom is -0.481 e. The summed E-state index contributed by atoms with van der Waals surface area (Å²) in [4.78, 5) is 10.9. The van der Waals surface area contributed by atoms with Gasteiger partial charge < -0.3 is 5.11 Å². The second kappa shape index (κ2) is 6.93. The number of hydrogen-bond acceptors (Lipinski definition) is 1. The molecule has 0 aliphatic heterocycles. The highest BCUT2D eigenvalue weighted by molar-refractivity contribution is 5.69. The molecule has 1 atom stereocenters. The Morgan fingerprint density at radius 2 is 1.88 bits per heavy atom. The lowest BCUT2D eigenvalue weighted by atomic mass is 9.75. The molecule has 94 valence electrons. The molecule has 1 aliphatic rings. The fraction of sp³-hybridized carbons (Fsp3) is 0.929. The van der Waals surface area contributed by atoms with Crippen LogP contribution >= 0.6 is 0 Å². The summed E-state index contributed by atoms with van der Waals surface area (Å²) in [6.45, 7) is 4.11. The van der Waals surface area contributed by atoms with E-state index in [2.05, 4.69) is 6.92 Å². The fourth-order valence-electron chi connectivity index (χ4n) is 2.86. The van der Waals surface area contributed by atoms with Crippen molar-refractivity contribution in [2.75, 3.05) is 0 Å². The molecule has 0 amide bonds. The maximum absolute atomic E-state index is 10.9. The lowest BCUT2D eigenvalue weighted by Crippen LogP contribution is -2.25. The third kappa shape index (κ3) is 4.15. The summed E-state index contributed by atoms with van der Waals surface area (Å²) in [5.41, 5.74) is 0. The first-order valence-corrected chi connectivity index (χ1v) is 6.88. The highest BCUT2D eigenvalue weighted by Crippen LogP contribution is 2.35. The molecule has 1 unspecified atom stereocenters. The molecule has 0 spiro atoms. The van der Waals surface area contributed by atoms with Gasteiger partial charge in [0.15, 0.2) is 0 Å². The summed E-state index contributed by atoms with van der Waals surface area (Å²) in [6.07, 6.45) is 10.1. The quantitative estimate of drug-likeness (QED) is 0.692. The van der Waals surface area contributed by atoms with Crippen LogP contribution < -0.4 is 0 Å². The number of aliphatic carboxylic acids is 1. The van der Waals surface area contributed by atoms with Gasteiger partial charge in [0.05, 0.1) is 5.92 Å². The molecule has 0 heterocycles. The Kier molecular flexibility index (Phi) is 5.86. The van der Waals surface area contributed by atoms with E-state index in [4.69, 9.17) is 5.11 Å². The summed E-state index contributed by atoms with van der Waals surface area (Å²) >= 11 is 0. The van der Waals surface area contributed by atoms with Crippen molar-refractivity contribution >= 4 is 5.97 Å². The minimum absolute atomic E-state index is 0.142. The molecule has 2 heteroatoms. The van der Waals surface area contributed by atoms with Crippen molar-refractivity contribution in [3.8, 4) is 0 Å². The van der Waals surface area contributed by atoms with Gasteiger partial charge in [0.1, 0.15) is 0 Å². The smallest absolute Gasteiger partial charge is 0.306 e. The lowest BCUT2D eigenvalue weighted by molar-refractivity contribution is -0.143. The van der Waals surface area contributed by atoms with Gasteiger partial charge in [-0.3, -0.25) is 4.79 Å². The van der Waals surface area contributed by atoms with Crippen LogP contribution in [-0.2, 0) is 4.79 Å². The summed E-state index contributed by atoms with van der Waals surface area (Å²) < 4.78 is 0. The van der Waals surface area contributed by atoms with Crippen molar-refractivity contribution in [1.29, 1.82) is 0 Å². The highest BCUT2D eigenvalue weighted by atomic mass is 16.4. The van der Waals surface area contributed by atoms with Gasteiger partial charge in [-0.25, -0.2) is 0 Å². The van der Waals surface area contributed by atoms with Crippen LogP contribution in [0.15, 0.2) is 0 Å². The molecule has 0 radical (unpaired) electrons. The molecular weight excluding hydrogens is 200 g/mol. The second-order valence-corrected chi connectivity index (χ2v) is 5.40. The molecule has 0 saturated heterocycles. The van der Waals surface area contributed by atoms with E-state index >= 15 is 0 Å². The Labute approximate surface area is 99.4 Å². The van der Waals surface area contributed by atoms with Crippen LogP contribution in [0, 0.1) is 17.8 Å². The molecule has 16 heavy (non-hydrogen) atoms. The SMILES string of the molecule is CCCCC[C@H]1CC[C@H](C(C)C(=O)O)CC1. The molecule has 0 aromatic carbocycles. The Morgan fingerprint density at radius 3 is 2.38 bits per heavy atom. The molecule has 0 bridgehead atoms. The van der Waals surface area contributed by atoms with Crippen LogP contribution in [0.25, 0.3) is 0 Å². The Bertz CT molecular complexity index is 205. The first kappa shape index (κ1) is 13.5. The van der Waals surface area contributed by atoms with Crippen molar-refractivity contribution < 1.29 is 9.90 Å². The maximum Gasteiger partial charge on any atom is 0.306 e. The zero-order valence-electron chi connectivity index (χ0n) is 10.7. The van der Waals surface area contributed by atoms with Crippen LogP contribution in [0.4, 0.5) is 0 Å². The average molecular weight is 226 g/mol. The third-order valence-corrected chi connectivity index (χ3v) is 4.20. The van der Waals surface area contributed by atoms with Gasteiger partial charge in [-0.05, 0) is 24.7 Å². The van der Waals surface area contributed by atoms with Gasteiger partial charge in [0, 0.05) is 0 Å².